The number of nitrogens with two attached hydrogens (primary N) is 2. The predicted molar refractivity (Wildman–Crippen MR) is 56.7 cm³/mol. The Morgan fingerprint density at radius 1 is 1.57 bits per heavy atom. The van der Waals surface area contributed by atoms with E-state index in [1.54, 1.807) is 19.3 Å². The lowest BCUT2D eigenvalue weighted by Crippen LogP contribution is -2.51. The molecule has 0 saturated heterocycles. The average molecular weight is 211 g/mol. The Balaban J connectivity index is 2.53. The van der Waals surface area contributed by atoms with Crippen LogP contribution in [0, 0.1) is 0 Å². The van der Waals surface area contributed by atoms with Crippen LogP contribution in [0.2, 0.25) is 0 Å². The summed E-state index contributed by atoms with van der Waals surface area (Å²) in [6.45, 7) is 1.63. The van der Waals surface area contributed by atoms with E-state index in [4.69, 9.17) is 11.5 Å². The molecule has 1 unspecified atom stereocenters. The molecule has 1 atom stereocenters. The summed E-state index contributed by atoms with van der Waals surface area (Å²) in [6.07, 6.45) is 3.39. The largest absolute Gasteiger partial charge is 0.368 e. The van der Waals surface area contributed by atoms with Gasteiger partial charge in [-0.05, 0) is 19.1 Å². The quantitative estimate of drug-likeness (QED) is 0.705. The van der Waals surface area contributed by atoms with E-state index < -0.39 is 11.4 Å². The van der Waals surface area contributed by atoms with E-state index in [1.165, 1.54) is 11.8 Å². The van der Waals surface area contributed by atoms with Gasteiger partial charge in [0.1, 0.15) is 5.54 Å². The molecule has 0 fully saturated rings. The van der Waals surface area contributed by atoms with E-state index in [1.807, 2.05) is 12.1 Å². The SMILES string of the molecule is CC(N)(CSc1ccncc1)C(N)=O. The van der Waals surface area contributed by atoms with Gasteiger partial charge in [0, 0.05) is 23.0 Å². The Bertz CT molecular complexity index is 313. The number of primary amides is 1. The lowest BCUT2D eigenvalue weighted by Gasteiger charge is -2.19. The Morgan fingerprint density at radius 2 is 2.14 bits per heavy atom. The third kappa shape index (κ3) is 3.01. The first-order chi connectivity index (χ1) is 6.52. The minimum Gasteiger partial charge on any atom is -0.368 e. The molecule has 0 aliphatic heterocycles. The standard InChI is InChI=1S/C9H13N3OS/c1-9(11,8(10)13)6-14-7-2-4-12-5-3-7/h2-5H,6,11H2,1H3,(H2,10,13). The summed E-state index contributed by atoms with van der Waals surface area (Å²) in [6, 6.07) is 3.73. The van der Waals surface area contributed by atoms with E-state index in [0.29, 0.717) is 5.75 Å². The highest BCUT2D eigenvalue weighted by Gasteiger charge is 2.25. The summed E-state index contributed by atoms with van der Waals surface area (Å²) in [5, 5.41) is 0. The molecule has 1 rings (SSSR count). The minimum absolute atomic E-state index is 0.465. The molecule has 0 spiro atoms. The topological polar surface area (TPSA) is 82.0 Å². The van der Waals surface area contributed by atoms with Gasteiger partial charge in [0.2, 0.25) is 5.91 Å². The molecule has 0 aliphatic carbocycles. The number of rotatable bonds is 4. The maximum atomic E-state index is 10.9. The molecule has 0 saturated carbocycles. The van der Waals surface area contributed by atoms with Crippen LogP contribution in [0.1, 0.15) is 6.92 Å². The summed E-state index contributed by atoms with van der Waals surface area (Å²) in [7, 11) is 0. The van der Waals surface area contributed by atoms with Crippen LogP contribution in [0.5, 0.6) is 0 Å². The molecule has 0 radical (unpaired) electrons. The van der Waals surface area contributed by atoms with Gasteiger partial charge in [-0.2, -0.15) is 0 Å². The van der Waals surface area contributed by atoms with Crippen molar-refractivity contribution in [2.45, 2.75) is 17.4 Å². The Morgan fingerprint density at radius 3 is 2.64 bits per heavy atom. The van der Waals surface area contributed by atoms with Crippen LogP contribution in [-0.2, 0) is 4.79 Å². The van der Waals surface area contributed by atoms with Crippen molar-refractivity contribution in [3.8, 4) is 0 Å². The second kappa shape index (κ2) is 4.43. The fraction of sp³-hybridized carbons (Fsp3) is 0.333. The minimum atomic E-state index is -0.964. The molecule has 4 N–H and O–H groups in total. The van der Waals surface area contributed by atoms with E-state index in [9.17, 15) is 4.79 Å². The lowest BCUT2D eigenvalue weighted by molar-refractivity contribution is -0.121. The molecule has 1 heterocycles. The second-order valence-corrected chi connectivity index (χ2v) is 4.30. The zero-order chi connectivity index (χ0) is 10.6. The van der Waals surface area contributed by atoms with Crippen LogP contribution in [0.3, 0.4) is 0 Å². The Hall–Kier alpha value is -1.07. The number of nitrogens with zero attached hydrogens (tertiary/aromatic N) is 1. The predicted octanol–water partition coefficient (Wildman–Crippen LogP) is 0.376. The van der Waals surface area contributed by atoms with Crippen LogP contribution in [0.15, 0.2) is 29.4 Å². The van der Waals surface area contributed by atoms with Crippen LogP contribution in [-0.4, -0.2) is 22.2 Å². The monoisotopic (exact) mass is 211 g/mol. The molecule has 5 heteroatoms. The molecular weight excluding hydrogens is 198 g/mol. The molecule has 0 aromatic carbocycles. The third-order valence-corrected chi connectivity index (χ3v) is 3.10. The van der Waals surface area contributed by atoms with Gasteiger partial charge in [0.25, 0.3) is 0 Å². The van der Waals surface area contributed by atoms with Gasteiger partial charge in [-0.1, -0.05) is 0 Å². The first-order valence-electron chi connectivity index (χ1n) is 4.14. The summed E-state index contributed by atoms with van der Waals surface area (Å²) in [5.74, 6) is -0.0224. The molecule has 1 aromatic heterocycles. The highest BCUT2D eigenvalue weighted by molar-refractivity contribution is 7.99. The van der Waals surface area contributed by atoms with Crippen molar-refractivity contribution >= 4 is 17.7 Å². The number of carbonyl (C=O) groups is 1. The van der Waals surface area contributed by atoms with Crippen molar-refractivity contribution in [2.24, 2.45) is 11.5 Å². The van der Waals surface area contributed by atoms with Crippen LogP contribution >= 0.6 is 11.8 Å². The highest BCUT2D eigenvalue weighted by atomic mass is 32.2. The fourth-order valence-corrected chi connectivity index (χ4v) is 1.66. The first kappa shape index (κ1) is 11.0. The van der Waals surface area contributed by atoms with Crippen molar-refractivity contribution in [2.75, 3.05) is 5.75 Å². The zero-order valence-corrected chi connectivity index (χ0v) is 8.75. The van der Waals surface area contributed by atoms with Crippen molar-refractivity contribution in [3.05, 3.63) is 24.5 Å². The highest BCUT2D eigenvalue weighted by Crippen LogP contribution is 2.20. The van der Waals surface area contributed by atoms with Gasteiger partial charge < -0.3 is 11.5 Å². The summed E-state index contributed by atoms with van der Waals surface area (Å²) in [5.41, 5.74) is 9.88. The second-order valence-electron chi connectivity index (χ2n) is 3.25. The summed E-state index contributed by atoms with van der Waals surface area (Å²) >= 11 is 1.49. The van der Waals surface area contributed by atoms with Crippen molar-refractivity contribution in [1.29, 1.82) is 0 Å². The van der Waals surface area contributed by atoms with E-state index in [-0.39, 0.29) is 0 Å². The maximum absolute atomic E-state index is 10.9. The third-order valence-electron chi connectivity index (χ3n) is 1.75. The summed E-state index contributed by atoms with van der Waals surface area (Å²) < 4.78 is 0. The zero-order valence-electron chi connectivity index (χ0n) is 7.93. The van der Waals surface area contributed by atoms with Crippen LogP contribution in [0.25, 0.3) is 0 Å². The van der Waals surface area contributed by atoms with Gasteiger partial charge in [0.15, 0.2) is 0 Å². The number of thioether (sulfide) groups is 1. The molecular formula is C9H13N3OS. The van der Waals surface area contributed by atoms with E-state index in [2.05, 4.69) is 4.98 Å². The number of aromatic nitrogens is 1. The summed E-state index contributed by atoms with van der Waals surface area (Å²) in [4.78, 5) is 15.8. The number of amides is 1. The van der Waals surface area contributed by atoms with E-state index in [0.717, 1.165) is 4.90 Å². The van der Waals surface area contributed by atoms with Gasteiger partial charge >= 0.3 is 0 Å². The van der Waals surface area contributed by atoms with Gasteiger partial charge in [0.05, 0.1) is 0 Å². The number of pyridine rings is 1. The normalized spacial score (nSPS) is 14.7. The number of carbonyl (C=O) groups excluding carboxylic acids is 1. The van der Waals surface area contributed by atoms with E-state index >= 15 is 0 Å². The van der Waals surface area contributed by atoms with Gasteiger partial charge in [-0.25, -0.2) is 0 Å². The fourth-order valence-electron chi connectivity index (χ4n) is 0.739. The Kier molecular flexibility index (Phi) is 3.49. The molecule has 1 amide bonds. The Labute approximate surface area is 87.1 Å². The molecule has 1 aromatic rings. The van der Waals surface area contributed by atoms with Crippen molar-refractivity contribution < 1.29 is 4.79 Å². The lowest BCUT2D eigenvalue weighted by atomic mass is 10.1. The first-order valence-corrected chi connectivity index (χ1v) is 5.12. The molecule has 0 aliphatic rings. The van der Waals surface area contributed by atoms with Crippen molar-refractivity contribution in [1.82, 2.24) is 4.98 Å². The maximum Gasteiger partial charge on any atom is 0.238 e. The van der Waals surface area contributed by atoms with Crippen LogP contribution in [0.4, 0.5) is 0 Å². The van der Waals surface area contributed by atoms with Crippen LogP contribution < -0.4 is 11.5 Å². The molecule has 14 heavy (non-hydrogen) atoms. The molecule has 0 bridgehead atoms. The smallest absolute Gasteiger partial charge is 0.238 e. The average Bonchev–Trinajstić information content (AvgIpc) is 2.16. The van der Waals surface area contributed by atoms with Gasteiger partial charge in [-0.15, -0.1) is 11.8 Å². The van der Waals surface area contributed by atoms with Crippen molar-refractivity contribution in [3.63, 3.8) is 0 Å². The molecule has 4 nitrogen and oxygen atoms in total. The molecule has 76 valence electrons. The number of hydrogen-bond donors (Lipinski definition) is 2. The van der Waals surface area contributed by atoms with Gasteiger partial charge in [-0.3, -0.25) is 9.78 Å². The number of hydrogen-bond acceptors (Lipinski definition) is 4.